The zero-order valence-electron chi connectivity index (χ0n) is 7.45. The van der Waals surface area contributed by atoms with E-state index in [1.807, 2.05) is 0 Å². The molecule has 0 saturated heterocycles. The molecule has 0 spiro atoms. The molecule has 80 valence electrons. The van der Waals surface area contributed by atoms with Crippen molar-refractivity contribution in [2.75, 3.05) is 0 Å². The molecule has 0 unspecified atom stereocenters. The normalized spacial score (nSPS) is 14.9. The fraction of sp³-hybridized carbons (Fsp3) is 0.125. The first-order valence-corrected chi connectivity index (χ1v) is 5.95. The highest BCUT2D eigenvalue weighted by atomic mass is 35.5. The van der Waals surface area contributed by atoms with Crippen molar-refractivity contribution in [1.29, 1.82) is 0 Å². The van der Waals surface area contributed by atoms with Crippen molar-refractivity contribution in [2.45, 2.75) is 11.4 Å². The van der Waals surface area contributed by atoms with E-state index in [1.54, 1.807) is 0 Å². The molecule has 0 bridgehead atoms. The first kappa shape index (κ1) is 10.4. The average molecular weight is 247 g/mol. The van der Waals surface area contributed by atoms with Gasteiger partial charge in [0.15, 0.2) is 0 Å². The lowest BCUT2D eigenvalue weighted by Gasteiger charge is -2.03. The molecule has 1 aliphatic rings. The topological polar surface area (TPSA) is 89.3 Å². The van der Waals surface area contributed by atoms with Gasteiger partial charge in [0.2, 0.25) is 10.0 Å². The molecule has 1 aromatic rings. The van der Waals surface area contributed by atoms with Gasteiger partial charge in [0.05, 0.1) is 5.02 Å². The van der Waals surface area contributed by atoms with Gasteiger partial charge in [0, 0.05) is 12.1 Å². The molecule has 3 N–H and O–H groups in total. The van der Waals surface area contributed by atoms with Gasteiger partial charge in [-0.2, -0.15) is 0 Å². The van der Waals surface area contributed by atoms with Crippen LogP contribution in [0.25, 0.3) is 0 Å². The lowest BCUT2D eigenvalue weighted by atomic mass is 10.1. The van der Waals surface area contributed by atoms with Crippen LogP contribution in [0.3, 0.4) is 0 Å². The van der Waals surface area contributed by atoms with Gasteiger partial charge in [-0.15, -0.1) is 0 Å². The molecule has 7 heteroatoms. The number of sulfonamides is 1. The molecule has 0 radical (unpaired) electrons. The van der Waals surface area contributed by atoms with Crippen LogP contribution in [-0.2, 0) is 16.6 Å². The Labute approximate surface area is 91.3 Å². The highest BCUT2D eigenvalue weighted by molar-refractivity contribution is 7.89. The maximum absolute atomic E-state index is 11.3. The van der Waals surface area contributed by atoms with E-state index in [4.69, 9.17) is 16.7 Å². The largest absolute Gasteiger partial charge is 0.348 e. The van der Waals surface area contributed by atoms with E-state index in [0.29, 0.717) is 17.7 Å². The summed E-state index contributed by atoms with van der Waals surface area (Å²) in [7, 11) is -3.89. The molecule has 0 aromatic heterocycles. The number of nitrogens with one attached hydrogen (secondary N) is 1. The van der Waals surface area contributed by atoms with Crippen LogP contribution in [0.1, 0.15) is 15.9 Å². The molecule has 0 fully saturated rings. The molecule has 0 atom stereocenters. The van der Waals surface area contributed by atoms with Crippen molar-refractivity contribution >= 4 is 27.5 Å². The molecule has 0 aliphatic carbocycles. The van der Waals surface area contributed by atoms with E-state index in [9.17, 15) is 13.2 Å². The highest BCUT2D eigenvalue weighted by Gasteiger charge is 2.24. The fourth-order valence-corrected chi connectivity index (χ4v) is 2.56. The molecular formula is C8H7ClN2O3S. The SMILES string of the molecule is NS(=O)(=O)c1cc2c(cc1Cl)CNC2=O. The number of primary sulfonamides is 1. The van der Waals surface area contributed by atoms with E-state index < -0.39 is 10.0 Å². The van der Waals surface area contributed by atoms with Crippen LogP contribution >= 0.6 is 11.6 Å². The van der Waals surface area contributed by atoms with Crippen LogP contribution in [0.2, 0.25) is 5.02 Å². The maximum Gasteiger partial charge on any atom is 0.251 e. The molecule has 1 aliphatic heterocycles. The number of amides is 1. The van der Waals surface area contributed by atoms with E-state index in [0.717, 1.165) is 0 Å². The minimum atomic E-state index is -3.89. The van der Waals surface area contributed by atoms with Crippen molar-refractivity contribution in [3.8, 4) is 0 Å². The minimum Gasteiger partial charge on any atom is -0.348 e. The van der Waals surface area contributed by atoms with Gasteiger partial charge in [0.25, 0.3) is 5.91 Å². The number of rotatable bonds is 1. The number of hydrogen-bond donors (Lipinski definition) is 2. The number of nitrogens with two attached hydrogens (primary N) is 1. The zero-order chi connectivity index (χ0) is 11.2. The van der Waals surface area contributed by atoms with Crippen LogP contribution in [0.5, 0.6) is 0 Å². The van der Waals surface area contributed by atoms with Gasteiger partial charge >= 0.3 is 0 Å². The minimum absolute atomic E-state index is 0.0350. The summed E-state index contributed by atoms with van der Waals surface area (Å²) >= 11 is 5.74. The van der Waals surface area contributed by atoms with Gasteiger partial charge in [-0.3, -0.25) is 4.79 Å². The zero-order valence-corrected chi connectivity index (χ0v) is 9.02. The lowest BCUT2D eigenvalue weighted by Crippen LogP contribution is -2.15. The second kappa shape index (κ2) is 3.19. The Morgan fingerprint density at radius 1 is 1.40 bits per heavy atom. The molecular weight excluding hydrogens is 240 g/mol. The number of hydrogen-bond acceptors (Lipinski definition) is 3. The van der Waals surface area contributed by atoms with Crippen LogP contribution in [0.15, 0.2) is 17.0 Å². The van der Waals surface area contributed by atoms with Crippen LogP contribution in [0, 0.1) is 0 Å². The van der Waals surface area contributed by atoms with Gasteiger partial charge < -0.3 is 5.32 Å². The second-order valence-electron chi connectivity index (χ2n) is 3.17. The van der Waals surface area contributed by atoms with Gasteiger partial charge in [-0.05, 0) is 17.7 Å². The quantitative estimate of drug-likeness (QED) is 0.743. The van der Waals surface area contributed by atoms with Gasteiger partial charge in [-0.1, -0.05) is 11.6 Å². The number of carbonyl (C=O) groups excluding carboxylic acids is 1. The summed E-state index contributed by atoms with van der Waals surface area (Å²) < 4.78 is 22.2. The molecule has 5 nitrogen and oxygen atoms in total. The van der Waals surface area contributed by atoms with E-state index in [2.05, 4.69) is 5.32 Å². The Hall–Kier alpha value is -1.11. The Morgan fingerprint density at radius 3 is 2.67 bits per heavy atom. The number of fused-ring (bicyclic) bond motifs is 1. The first-order chi connectivity index (χ1) is 6.89. The second-order valence-corrected chi connectivity index (χ2v) is 5.10. The van der Waals surface area contributed by atoms with Gasteiger partial charge in [0.1, 0.15) is 4.90 Å². The summed E-state index contributed by atoms with van der Waals surface area (Å²) in [6.45, 7) is 0.360. The average Bonchev–Trinajstić information content (AvgIpc) is 2.44. The van der Waals surface area contributed by atoms with E-state index in [-0.39, 0.29) is 15.8 Å². The highest BCUT2D eigenvalue weighted by Crippen LogP contribution is 2.27. The molecule has 1 aromatic carbocycles. The molecule has 1 heterocycles. The molecule has 2 rings (SSSR count). The molecule has 15 heavy (non-hydrogen) atoms. The summed E-state index contributed by atoms with van der Waals surface area (Å²) in [5, 5.41) is 7.55. The number of halogens is 1. The third-order valence-electron chi connectivity index (χ3n) is 2.15. The Balaban J connectivity index is 2.71. The van der Waals surface area contributed by atoms with Crippen molar-refractivity contribution in [2.24, 2.45) is 5.14 Å². The number of carbonyl (C=O) groups is 1. The van der Waals surface area contributed by atoms with E-state index in [1.165, 1.54) is 12.1 Å². The summed E-state index contributed by atoms with van der Waals surface area (Å²) in [4.78, 5) is 11.0. The smallest absolute Gasteiger partial charge is 0.251 e. The molecule has 0 saturated carbocycles. The van der Waals surface area contributed by atoms with Crippen LogP contribution < -0.4 is 10.5 Å². The van der Waals surface area contributed by atoms with Gasteiger partial charge in [-0.25, -0.2) is 13.6 Å². The summed E-state index contributed by atoms with van der Waals surface area (Å²) in [5.74, 6) is -0.313. The molecule has 1 amide bonds. The Kier molecular flexibility index (Phi) is 2.22. The predicted octanol–water partition coefficient (Wildman–Crippen LogP) is 0.231. The summed E-state index contributed by atoms with van der Waals surface area (Å²) in [5.41, 5.74) is 0.987. The van der Waals surface area contributed by atoms with Crippen molar-refractivity contribution in [3.63, 3.8) is 0 Å². The third-order valence-corrected chi connectivity index (χ3v) is 3.52. The monoisotopic (exact) mass is 246 g/mol. The fourth-order valence-electron chi connectivity index (χ4n) is 1.44. The maximum atomic E-state index is 11.3. The number of benzene rings is 1. The van der Waals surface area contributed by atoms with E-state index >= 15 is 0 Å². The summed E-state index contributed by atoms with van der Waals surface area (Å²) in [6, 6.07) is 2.64. The van der Waals surface area contributed by atoms with Crippen molar-refractivity contribution in [3.05, 3.63) is 28.3 Å². The first-order valence-electron chi connectivity index (χ1n) is 4.03. The third kappa shape index (κ3) is 1.71. The Morgan fingerprint density at radius 2 is 2.07 bits per heavy atom. The van der Waals surface area contributed by atoms with Crippen molar-refractivity contribution < 1.29 is 13.2 Å². The lowest BCUT2D eigenvalue weighted by molar-refractivity contribution is 0.0965. The van der Waals surface area contributed by atoms with Crippen LogP contribution in [-0.4, -0.2) is 14.3 Å². The Bertz CT molecular complexity index is 553. The van der Waals surface area contributed by atoms with Crippen molar-refractivity contribution in [1.82, 2.24) is 5.32 Å². The standard InChI is InChI=1S/C8H7ClN2O3S/c9-6-1-4-3-11-8(12)5(4)2-7(6)15(10,13)14/h1-2H,3H2,(H,11,12)(H2,10,13,14). The predicted molar refractivity (Wildman–Crippen MR) is 54.0 cm³/mol. The summed E-state index contributed by atoms with van der Waals surface area (Å²) in [6.07, 6.45) is 0. The van der Waals surface area contributed by atoms with Crippen LogP contribution in [0.4, 0.5) is 0 Å².